The second-order valence-electron chi connectivity index (χ2n) is 6.46. The predicted octanol–water partition coefficient (Wildman–Crippen LogP) is 3.20. The highest BCUT2D eigenvalue weighted by molar-refractivity contribution is 5.77. The third kappa shape index (κ3) is 4.21. The van der Waals surface area contributed by atoms with Gasteiger partial charge in [-0.05, 0) is 31.4 Å². The molecule has 1 aromatic heterocycles. The highest BCUT2D eigenvalue weighted by atomic mass is 16.2. The van der Waals surface area contributed by atoms with Crippen molar-refractivity contribution in [2.24, 2.45) is 12.5 Å². The average Bonchev–Trinajstić information content (AvgIpc) is 2.57. The highest BCUT2D eigenvalue weighted by Gasteiger charge is 2.23. The molecule has 0 radical (unpaired) electrons. The van der Waals surface area contributed by atoms with Crippen molar-refractivity contribution in [1.82, 2.24) is 9.47 Å². The third-order valence-corrected chi connectivity index (χ3v) is 3.01. The number of amides is 1. The summed E-state index contributed by atoms with van der Waals surface area (Å²) < 4.78 is 2.07. The maximum absolute atomic E-state index is 12.4. The third-order valence-electron chi connectivity index (χ3n) is 3.01. The van der Waals surface area contributed by atoms with E-state index in [0.29, 0.717) is 13.0 Å². The summed E-state index contributed by atoms with van der Waals surface area (Å²) in [6.07, 6.45) is 2.61. The van der Waals surface area contributed by atoms with Crippen LogP contribution in [-0.4, -0.2) is 21.4 Å². The van der Waals surface area contributed by atoms with Crippen molar-refractivity contribution in [3.05, 3.63) is 24.0 Å². The van der Waals surface area contributed by atoms with Gasteiger partial charge in [0, 0.05) is 31.4 Å². The van der Waals surface area contributed by atoms with Crippen molar-refractivity contribution in [3.63, 3.8) is 0 Å². The lowest BCUT2D eigenvalue weighted by molar-refractivity contribution is -0.135. The van der Waals surface area contributed by atoms with E-state index in [9.17, 15) is 4.79 Å². The summed E-state index contributed by atoms with van der Waals surface area (Å²) in [5.74, 6) is 0.235. The molecule has 3 nitrogen and oxygen atoms in total. The number of nitrogens with zero attached hydrogens (tertiary/aromatic N) is 2. The van der Waals surface area contributed by atoms with Crippen molar-refractivity contribution < 1.29 is 4.79 Å². The number of hydrogen-bond acceptors (Lipinski definition) is 1. The van der Waals surface area contributed by atoms with Gasteiger partial charge in [0.15, 0.2) is 0 Å². The van der Waals surface area contributed by atoms with E-state index in [4.69, 9.17) is 0 Å². The van der Waals surface area contributed by atoms with Crippen LogP contribution in [0.3, 0.4) is 0 Å². The summed E-state index contributed by atoms with van der Waals surface area (Å²) in [5, 5.41) is 0. The first-order chi connectivity index (χ1) is 8.20. The van der Waals surface area contributed by atoms with Crippen molar-refractivity contribution in [3.8, 4) is 0 Å². The maximum atomic E-state index is 12.4. The topological polar surface area (TPSA) is 25.2 Å². The summed E-state index contributed by atoms with van der Waals surface area (Å²) in [7, 11) is 2.02. The van der Waals surface area contributed by atoms with Crippen LogP contribution in [0.2, 0.25) is 0 Å². The molecule has 0 aliphatic rings. The molecule has 1 heterocycles. The van der Waals surface area contributed by atoms with Gasteiger partial charge in [0.25, 0.3) is 0 Å². The van der Waals surface area contributed by atoms with Crippen LogP contribution < -0.4 is 0 Å². The Bertz CT molecular complexity index is 399. The monoisotopic (exact) mass is 250 g/mol. The number of carbonyl (C=O) groups is 1. The van der Waals surface area contributed by atoms with Gasteiger partial charge in [-0.3, -0.25) is 4.79 Å². The van der Waals surface area contributed by atoms with Gasteiger partial charge in [-0.1, -0.05) is 20.8 Å². The Morgan fingerprint density at radius 1 is 1.39 bits per heavy atom. The van der Waals surface area contributed by atoms with E-state index < -0.39 is 0 Å². The fraction of sp³-hybridized carbons (Fsp3) is 0.667. The fourth-order valence-corrected chi connectivity index (χ4v) is 1.95. The molecule has 0 bridgehead atoms. The van der Waals surface area contributed by atoms with Crippen LogP contribution in [0.15, 0.2) is 18.3 Å². The van der Waals surface area contributed by atoms with Gasteiger partial charge in [0.05, 0.1) is 6.54 Å². The molecule has 18 heavy (non-hydrogen) atoms. The number of aryl methyl sites for hydroxylation is 1. The van der Waals surface area contributed by atoms with Crippen LogP contribution in [0.25, 0.3) is 0 Å². The van der Waals surface area contributed by atoms with E-state index in [1.54, 1.807) is 0 Å². The van der Waals surface area contributed by atoms with Gasteiger partial charge < -0.3 is 9.47 Å². The molecule has 1 amide bonds. The summed E-state index contributed by atoms with van der Waals surface area (Å²) in [4.78, 5) is 14.3. The van der Waals surface area contributed by atoms with Crippen molar-refractivity contribution >= 4 is 5.91 Å². The zero-order valence-electron chi connectivity index (χ0n) is 12.5. The van der Waals surface area contributed by atoms with Gasteiger partial charge in [-0.2, -0.15) is 0 Å². The Morgan fingerprint density at radius 2 is 2.00 bits per heavy atom. The number of carbonyl (C=O) groups excluding carboxylic acids is 1. The van der Waals surface area contributed by atoms with Gasteiger partial charge >= 0.3 is 0 Å². The average molecular weight is 250 g/mol. The lowest BCUT2D eigenvalue weighted by atomic mass is 9.91. The van der Waals surface area contributed by atoms with Crippen LogP contribution in [0.5, 0.6) is 0 Å². The molecular formula is C15H26N2O. The molecule has 0 N–H and O–H groups in total. The molecule has 0 fully saturated rings. The Hall–Kier alpha value is -1.25. The molecule has 1 aromatic rings. The molecule has 0 saturated carbocycles. The van der Waals surface area contributed by atoms with Crippen LogP contribution >= 0.6 is 0 Å². The smallest absolute Gasteiger partial charge is 0.223 e. The first kappa shape index (κ1) is 14.8. The minimum absolute atomic E-state index is 0.0401. The van der Waals surface area contributed by atoms with Gasteiger partial charge in [-0.25, -0.2) is 0 Å². The van der Waals surface area contributed by atoms with Crippen molar-refractivity contribution in [2.75, 3.05) is 0 Å². The van der Waals surface area contributed by atoms with Crippen LogP contribution in [-0.2, 0) is 18.4 Å². The summed E-state index contributed by atoms with van der Waals surface area (Å²) in [5.41, 5.74) is 1.21. The van der Waals surface area contributed by atoms with E-state index >= 15 is 0 Å². The number of aromatic nitrogens is 1. The molecular weight excluding hydrogens is 224 g/mol. The zero-order valence-corrected chi connectivity index (χ0v) is 12.5. The molecule has 0 spiro atoms. The van der Waals surface area contributed by atoms with E-state index in [-0.39, 0.29) is 17.4 Å². The Labute approximate surface area is 111 Å². The van der Waals surface area contributed by atoms with Crippen LogP contribution in [0.1, 0.15) is 46.7 Å². The van der Waals surface area contributed by atoms with E-state index in [1.165, 1.54) is 5.69 Å². The van der Waals surface area contributed by atoms with E-state index in [1.807, 2.05) is 24.2 Å². The molecule has 0 aliphatic carbocycles. The SMILES string of the molecule is CC(C)N(Cc1cccn1C)C(=O)CC(C)(C)C. The van der Waals surface area contributed by atoms with E-state index in [2.05, 4.69) is 45.3 Å². The first-order valence-electron chi connectivity index (χ1n) is 6.60. The molecule has 0 aliphatic heterocycles. The van der Waals surface area contributed by atoms with Gasteiger partial charge in [0.1, 0.15) is 0 Å². The molecule has 0 aromatic carbocycles. The molecule has 1 rings (SSSR count). The van der Waals surface area contributed by atoms with Gasteiger partial charge in [0.2, 0.25) is 5.91 Å². The molecule has 0 unspecified atom stereocenters. The minimum atomic E-state index is 0.0401. The first-order valence-corrected chi connectivity index (χ1v) is 6.60. The summed E-state index contributed by atoms with van der Waals surface area (Å²) >= 11 is 0. The van der Waals surface area contributed by atoms with Gasteiger partial charge in [-0.15, -0.1) is 0 Å². The lowest BCUT2D eigenvalue weighted by Gasteiger charge is -2.30. The van der Waals surface area contributed by atoms with E-state index in [0.717, 1.165) is 0 Å². The lowest BCUT2D eigenvalue weighted by Crippen LogP contribution is -2.38. The summed E-state index contributed by atoms with van der Waals surface area (Å²) in [6.45, 7) is 11.1. The number of hydrogen-bond donors (Lipinski definition) is 0. The van der Waals surface area contributed by atoms with Crippen molar-refractivity contribution in [2.45, 2.75) is 53.6 Å². The fourth-order valence-electron chi connectivity index (χ4n) is 1.95. The van der Waals surface area contributed by atoms with Crippen LogP contribution in [0.4, 0.5) is 0 Å². The normalized spacial score (nSPS) is 11.9. The zero-order chi connectivity index (χ0) is 13.9. The molecule has 3 heteroatoms. The Kier molecular flexibility index (Phi) is 4.60. The second kappa shape index (κ2) is 5.59. The molecule has 0 saturated heterocycles. The number of rotatable bonds is 4. The quantitative estimate of drug-likeness (QED) is 0.805. The summed E-state index contributed by atoms with van der Waals surface area (Å²) in [6, 6.07) is 4.32. The maximum Gasteiger partial charge on any atom is 0.223 e. The Balaban J connectivity index is 2.78. The van der Waals surface area contributed by atoms with Crippen molar-refractivity contribution in [1.29, 1.82) is 0 Å². The highest BCUT2D eigenvalue weighted by Crippen LogP contribution is 2.21. The minimum Gasteiger partial charge on any atom is -0.353 e. The van der Waals surface area contributed by atoms with Crippen LogP contribution in [0, 0.1) is 5.41 Å². The largest absolute Gasteiger partial charge is 0.353 e. The molecule has 0 atom stereocenters. The standard InChI is InChI=1S/C15H26N2O/c1-12(2)17(14(18)10-15(3,4)5)11-13-8-7-9-16(13)6/h7-9,12H,10-11H2,1-6H3. The second-order valence-corrected chi connectivity index (χ2v) is 6.46. The molecule has 102 valence electrons. The Morgan fingerprint density at radius 3 is 2.39 bits per heavy atom. The predicted molar refractivity (Wildman–Crippen MR) is 75.2 cm³/mol.